The van der Waals surface area contributed by atoms with Crippen molar-refractivity contribution in [2.45, 2.75) is 75.6 Å². The second-order valence-electron chi connectivity index (χ2n) is 8.10. The van der Waals surface area contributed by atoms with Crippen molar-refractivity contribution in [3.8, 4) is 0 Å². The Labute approximate surface area is 150 Å². The fourth-order valence-corrected chi connectivity index (χ4v) is 5.20. The number of fused-ring (bicyclic) bond motifs is 1. The van der Waals surface area contributed by atoms with Crippen molar-refractivity contribution in [3.05, 3.63) is 35.9 Å². The molecule has 1 aromatic rings. The van der Waals surface area contributed by atoms with Crippen LogP contribution in [0.3, 0.4) is 0 Å². The van der Waals surface area contributed by atoms with E-state index < -0.39 is 0 Å². The first-order chi connectivity index (χ1) is 12.1. The Bertz CT molecular complexity index is 597. The molecule has 0 radical (unpaired) electrons. The third kappa shape index (κ3) is 3.22. The minimum atomic E-state index is 0.0712. The molecule has 25 heavy (non-hydrogen) atoms. The lowest BCUT2D eigenvalue weighted by Gasteiger charge is -2.37. The lowest BCUT2D eigenvalue weighted by Crippen LogP contribution is -2.47. The van der Waals surface area contributed by atoms with Gasteiger partial charge in [0, 0.05) is 19.0 Å². The van der Waals surface area contributed by atoms with Gasteiger partial charge in [0.2, 0.25) is 5.91 Å². The summed E-state index contributed by atoms with van der Waals surface area (Å²) in [6.45, 7) is 2.28. The van der Waals surface area contributed by atoms with Crippen LogP contribution in [0.4, 0.5) is 0 Å². The van der Waals surface area contributed by atoms with Crippen molar-refractivity contribution < 1.29 is 9.53 Å². The number of amides is 1. The maximum absolute atomic E-state index is 12.1. The van der Waals surface area contributed by atoms with Gasteiger partial charge in [-0.1, -0.05) is 30.3 Å². The molecule has 4 heteroatoms. The summed E-state index contributed by atoms with van der Waals surface area (Å²) in [5.41, 5.74) is 7.89. The monoisotopic (exact) mass is 342 g/mol. The van der Waals surface area contributed by atoms with Crippen molar-refractivity contribution in [2.75, 3.05) is 6.61 Å². The van der Waals surface area contributed by atoms with Crippen molar-refractivity contribution in [2.24, 2.45) is 11.7 Å². The molecule has 4 atom stereocenters. The number of carbonyl (C=O) groups is 1. The minimum absolute atomic E-state index is 0.0712. The molecule has 4 rings (SSSR count). The highest BCUT2D eigenvalue weighted by molar-refractivity contribution is 5.75. The molecule has 1 amide bonds. The normalized spacial score (nSPS) is 37.4. The molecule has 1 aliphatic heterocycles. The molecule has 1 saturated heterocycles. The van der Waals surface area contributed by atoms with Crippen LogP contribution in [0, 0.1) is 5.92 Å². The van der Waals surface area contributed by atoms with Gasteiger partial charge in [0.25, 0.3) is 0 Å². The van der Waals surface area contributed by atoms with Crippen LogP contribution >= 0.6 is 0 Å². The lowest BCUT2D eigenvalue weighted by atomic mass is 9.77. The van der Waals surface area contributed by atoms with Crippen LogP contribution in [0.2, 0.25) is 0 Å². The van der Waals surface area contributed by atoms with E-state index in [1.54, 1.807) is 6.92 Å². The highest BCUT2D eigenvalue weighted by Crippen LogP contribution is 2.43. The van der Waals surface area contributed by atoms with Crippen LogP contribution in [0.1, 0.15) is 56.9 Å². The van der Waals surface area contributed by atoms with Crippen molar-refractivity contribution in [3.63, 3.8) is 0 Å². The molecule has 1 aromatic carbocycles. The van der Waals surface area contributed by atoms with Crippen molar-refractivity contribution in [1.82, 2.24) is 4.90 Å². The van der Waals surface area contributed by atoms with Gasteiger partial charge in [-0.2, -0.15) is 0 Å². The van der Waals surface area contributed by atoms with E-state index in [-0.39, 0.29) is 18.0 Å². The van der Waals surface area contributed by atoms with Crippen LogP contribution in [0.25, 0.3) is 0 Å². The SMILES string of the molecule is CC(=O)N1[C@@H]2CC[C@@H]2[C@H](N)[C@@H]1COC1CCC(c2ccccc2)CC1. The second-order valence-corrected chi connectivity index (χ2v) is 8.10. The number of carbonyl (C=O) groups excluding carboxylic acids is 1. The summed E-state index contributed by atoms with van der Waals surface area (Å²) in [6.07, 6.45) is 7.17. The average molecular weight is 342 g/mol. The number of hydrogen-bond donors (Lipinski definition) is 1. The molecule has 4 nitrogen and oxygen atoms in total. The molecule has 0 bridgehead atoms. The molecular weight excluding hydrogens is 312 g/mol. The Balaban J connectivity index is 1.30. The summed E-state index contributed by atoms with van der Waals surface area (Å²) in [7, 11) is 0. The summed E-state index contributed by atoms with van der Waals surface area (Å²) in [4.78, 5) is 14.1. The van der Waals surface area contributed by atoms with Gasteiger partial charge in [-0.25, -0.2) is 0 Å². The van der Waals surface area contributed by atoms with Gasteiger partial charge < -0.3 is 15.4 Å². The third-order valence-electron chi connectivity index (χ3n) is 6.75. The maximum atomic E-state index is 12.1. The second kappa shape index (κ2) is 7.08. The quantitative estimate of drug-likeness (QED) is 0.915. The van der Waals surface area contributed by atoms with E-state index in [1.807, 2.05) is 4.90 Å². The number of likely N-dealkylation sites (tertiary alicyclic amines) is 1. The van der Waals surface area contributed by atoms with Crippen molar-refractivity contribution >= 4 is 5.91 Å². The van der Waals surface area contributed by atoms with E-state index >= 15 is 0 Å². The zero-order valence-corrected chi connectivity index (χ0v) is 15.1. The molecular formula is C21H30N2O2. The molecule has 2 aliphatic carbocycles. The smallest absolute Gasteiger partial charge is 0.220 e. The average Bonchev–Trinajstić information content (AvgIpc) is 2.79. The number of nitrogens with two attached hydrogens (primary N) is 1. The number of benzene rings is 1. The van der Waals surface area contributed by atoms with Gasteiger partial charge in [-0.3, -0.25) is 4.79 Å². The van der Waals surface area contributed by atoms with Crippen LogP contribution in [0.15, 0.2) is 30.3 Å². The number of nitrogens with zero attached hydrogens (tertiary/aromatic N) is 1. The van der Waals surface area contributed by atoms with Gasteiger partial charge >= 0.3 is 0 Å². The summed E-state index contributed by atoms with van der Waals surface area (Å²) < 4.78 is 6.25. The van der Waals surface area contributed by atoms with Gasteiger partial charge in [-0.05, 0) is 55.9 Å². The summed E-state index contributed by atoms with van der Waals surface area (Å²) in [5.74, 6) is 1.31. The van der Waals surface area contributed by atoms with Gasteiger partial charge in [0.15, 0.2) is 0 Å². The molecule has 3 fully saturated rings. The summed E-state index contributed by atoms with van der Waals surface area (Å²) in [6, 6.07) is 11.3. The first kappa shape index (κ1) is 17.0. The number of rotatable bonds is 4. The summed E-state index contributed by atoms with van der Waals surface area (Å²) in [5, 5.41) is 0. The van der Waals surface area contributed by atoms with E-state index in [0.29, 0.717) is 30.6 Å². The molecule has 136 valence electrons. The fraction of sp³-hybridized carbons (Fsp3) is 0.667. The van der Waals surface area contributed by atoms with Gasteiger partial charge in [0.1, 0.15) is 0 Å². The summed E-state index contributed by atoms with van der Waals surface area (Å²) >= 11 is 0. The Morgan fingerprint density at radius 3 is 2.44 bits per heavy atom. The van der Waals surface area contributed by atoms with E-state index in [0.717, 1.165) is 25.7 Å². The highest BCUT2D eigenvalue weighted by atomic mass is 16.5. The van der Waals surface area contributed by atoms with E-state index in [4.69, 9.17) is 10.5 Å². The van der Waals surface area contributed by atoms with Gasteiger partial charge in [0.05, 0.1) is 18.8 Å². The number of hydrogen-bond acceptors (Lipinski definition) is 3. The maximum Gasteiger partial charge on any atom is 0.220 e. The molecule has 2 saturated carbocycles. The Kier molecular flexibility index (Phi) is 4.83. The fourth-order valence-electron chi connectivity index (χ4n) is 5.20. The van der Waals surface area contributed by atoms with Crippen LogP contribution in [-0.4, -0.2) is 41.6 Å². The molecule has 1 heterocycles. The highest BCUT2D eigenvalue weighted by Gasteiger charge is 2.52. The Hall–Kier alpha value is -1.39. The standard InChI is InChI=1S/C21H30N2O2/c1-14(24)23-19-12-11-18(19)21(22)20(23)13-25-17-9-7-16(8-10-17)15-5-3-2-4-6-15/h2-6,16-21H,7-13,22H2,1H3/t16?,17?,18-,19+,20-,21-/m0/s1. The first-order valence-corrected chi connectivity index (χ1v) is 9.86. The molecule has 3 aliphatic rings. The number of ether oxygens (including phenoxy) is 1. The topological polar surface area (TPSA) is 55.6 Å². The Morgan fingerprint density at radius 1 is 1.12 bits per heavy atom. The first-order valence-electron chi connectivity index (χ1n) is 9.86. The third-order valence-corrected chi connectivity index (χ3v) is 6.75. The Morgan fingerprint density at radius 2 is 1.84 bits per heavy atom. The minimum Gasteiger partial charge on any atom is -0.376 e. The lowest BCUT2D eigenvalue weighted by molar-refractivity contribution is -0.135. The zero-order valence-electron chi connectivity index (χ0n) is 15.1. The predicted molar refractivity (Wildman–Crippen MR) is 98.2 cm³/mol. The predicted octanol–water partition coefficient (Wildman–Crippen LogP) is 3.07. The molecule has 0 spiro atoms. The molecule has 2 N–H and O–H groups in total. The van der Waals surface area contributed by atoms with E-state index in [1.165, 1.54) is 18.4 Å². The zero-order chi connectivity index (χ0) is 17.4. The van der Waals surface area contributed by atoms with Crippen LogP contribution in [-0.2, 0) is 9.53 Å². The largest absolute Gasteiger partial charge is 0.376 e. The van der Waals surface area contributed by atoms with E-state index in [2.05, 4.69) is 30.3 Å². The van der Waals surface area contributed by atoms with Gasteiger partial charge in [-0.15, -0.1) is 0 Å². The van der Waals surface area contributed by atoms with Crippen molar-refractivity contribution in [1.29, 1.82) is 0 Å². The van der Waals surface area contributed by atoms with Crippen LogP contribution < -0.4 is 5.73 Å². The van der Waals surface area contributed by atoms with Crippen LogP contribution in [0.5, 0.6) is 0 Å². The molecule has 0 unspecified atom stereocenters. The molecule has 0 aromatic heterocycles. The van der Waals surface area contributed by atoms with E-state index in [9.17, 15) is 4.79 Å².